The van der Waals surface area contributed by atoms with Crippen LogP contribution in [0.3, 0.4) is 0 Å². The van der Waals surface area contributed by atoms with Crippen LogP contribution in [-0.2, 0) is 28.4 Å². The first-order valence-electron chi connectivity index (χ1n) is 7.70. The van der Waals surface area contributed by atoms with Gasteiger partial charge in [0.05, 0.1) is 13.2 Å². The van der Waals surface area contributed by atoms with E-state index < -0.39 is 42.6 Å². The predicted octanol–water partition coefficient (Wildman–Crippen LogP) is 1.13. The molecule has 0 bridgehead atoms. The van der Waals surface area contributed by atoms with Crippen LogP contribution in [0.2, 0.25) is 0 Å². The van der Waals surface area contributed by atoms with Crippen molar-refractivity contribution in [2.45, 2.75) is 50.3 Å². The summed E-state index contributed by atoms with van der Waals surface area (Å²) in [5.74, 6) is -0.837. The fraction of sp³-hybridized carbons (Fsp3) is 0.688. The summed E-state index contributed by atoms with van der Waals surface area (Å²) in [6, 6.07) is 0. The van der Waals surface area contributed by atoms with E-state index in [9.17, 15) is 9.90 Å². The number of hydrogen-bond donors (Lipinski definition) is 1. The number of carbonyl (C=O) groups is 1. The molecule has 136 valence electrons. The lowest BCUT2D eigenvalue weighted by molar-refractivity contribution is -0.380. The van der Waals surface area contributed by atoms with Crippen molar-refractivity contribution in [3.63, 3.8) is 0 Å². The average molecular weight is 344 g/mol. The molecule has 1 N–H and O–H groups in total. The highest BCUT2D eigenvalue weighted by Crippen LogP contribution is 2.34. The molecule has 0 spiro atoms. The molecule has 8 heteroatoms. The Labute approximate surface area is 140 Å². The Balaban J connectivity index is 2.09. The van der Waals surface area contributed by atoms with Gasteiger partial charge in [-0.15, -0.1) is 6.58 Å². The van der Waals surface area contributed by atoms with Crippen molar-refractivity contribution in [1.82, 2.24) is 0 Å². The van der Waals surface area contributed by atoms with Gasteiger partial charge in [-0.05, 0) is 13.8 Å². The Hall–Kier alpha value is -1.45. The highest BCUT2D eigenvalue weighted by atomic mass is 16.8. The third kappa shape index (κ3) is 4.55. The van der Waals surface area contributed by atoms with Gasteiger partial charge in [0.2, 0.25) is 6.29 Å². The van der Waals surface area contributed by atoms with Crippen LogP contribution in [0.15, 0.2) is 25.3 Å². The molecular formula is C16H24O8. The monoisotopic (exact) mass is 344 g/mol. The minimum absolute atomic E-state index is 0.00942. The van der Waals surface area contributed by atoms with Crippen LogP contribution in [0.25, 0.3) is 0 Å². The fourth-order valence-corrected chi connectivity index (χ4v) is 2.54. The standard InChI is InChI=1S/C16H24O8/c1-5-7-19-13-11(17)14(23-15(18)20-8-6-2)22-10-9-21-16(3,4)24-12(10)13/h5-6,10-14,17H,1-2,7-9H2,3-4H3/t10-,11-,12-,13-,14+/m1/s1. The van der Waals surface area contributed by atoms with E-state index in [1.165, 1.54) is 6.08 Å². The Morgan fingerprint density at radius 2 is 2.04 bits per heavy atom. The molecule has 0 saturated carbocycles. The van der Waals surface area contributed by atoms with E-state index >= 15 is 0 Å². The van der Waals surface area contributed by atoms with Crippen LogP contribution in [0.1, 0.15) is 13.8 Å². The molecule has 5 atom stereocenters. The van der Waals surface area contributed by atoms with Crippen molar-refractivity contribution in [2.75, 3.05) is 19.8 Å². The molecule has 0 unspecified atom stereocenters. The molecule has 8 nitrogen and oxygen atoms in total. The average Bonchev–Trinajstić information content (AvgIpc) is 2.53. The number of carbonyl (C=O) groups excluding carboxylic acids is 1. The molecule has 2 heterocycles. The van der Waals surface area contributed by atoms with Crippen molar-refractivity contribution in [3.8, 4) is 0 Å². The molecule has 2 rings (SSSR count). The predicted molar refractivity (Wildman–Crippen MR) is 82.1 cm³/mol. The van der Waals surface area contributed by atoms with Gasteiger partial charge in [-0.2, -0.15) is 0 Å². The molecule has 0 radical (unpaired) electrons. The Morgan fingerprint density at radius 1 is 1.33 bits per heavy atom. The van der Waals surface area contributed by atoms with E-state index in [1.54, 1.807) is 19.9 Å². The zero-order valence-corrected chi connectivity index (χ0v) is 13.9. The van der Waals surface area contributed by atoms with Crippen molar-refractivity contribution in [3.05, 3.63) is 25.3 Å². The van der Waals surface area contributed by atoms with Gasteiger partial charge in [-0.3, -0.25) is 0 Å². The summed E-state index contributed by atoms with van der Waals surface area (Å²) in [6.45, 7) is 10.9. The van der Waals surface area contributed by atoms with Gasteiger partial charge in [-0.25, -0.2) is 4.79 Å². The highest BCUT2D eigenvalue weighted by Gasteiger charge is 2.52. The maximum absolute atomic E-state index is 11.6. The zero-order valence-electron chi connectivity index (χ0n) is 13.9. The van der Waals surface area contributed by atoms with Crippen LogP contribution < -0.4 is 0 Å². The number of ether oxygens (including phenoxy) is 6. The van der Waals surface area contributed by atoms with Crippen LogP contribution in [0.4, 0.5) is 4.79 Å². The first-order valence-corrected chi connectivity index (χ1v) is 7.70. The normalized spacial score (nSPS) is 34.7. The van der Waals surface area contributed by atoms with Crippen LogP contribution in [0, 0.1) is 0 Å². The van der Waals surface area contributed by atoms with Gasteiger partial charge in [0, 0.05) is 0 Å². The summed E-state index contributed by atoms with van der Waals surface area (Å²) in [6.07, 6.45) is -2.45. The van der Waals surface area contributed by atoms with E-state index in [-0.39, 0.29) is 19.8 Å². The molecule has 2 fully saturated rings. The van der Waals surface area contributed by atoms with Gasteiger partial charge in [0.25, 0.3) is 0 Å². The number of rotatable bonds is 6. The van der Waals surface area contributed by atoms with Gasteiger partial charge >= 0.3 is 6.16 Å². The molecule has 2 saturated heterocycles. The van der Waals surface area contributed by atoms with Crippen molar-refractivity contribution < 1.29 is 38.3 Å². The molecule has 0 aromatic heterocycles. The van der Waals surface area contributed by atoms with Gasteiger partial charge in [0.15, 0.2) is 5.79 Å². The van der Waals surface area contributed by atoms with Crippen molar-refractivity contribution in [1.29, 1.82) is 0 Å². The second-order valence-electron chi connectivity index (χ2n) is 5.88. The van der Waals surface area contributed by atoms with E-state index in [0.717, 1.165) is 0 Å². The third-order valence-corrected chi connectivity index (χ3v) is 3.57. The van der Waals surface area contributed by atoms with Gasteiger partial charge in [-0.1, -0.05) is 18.7 Å². The number of aliphatic hydroxyl groups is 1. The second kappa shape index (κ2) is 8.09. The molecule has 2 aliphatic rings. The first-order chi connectivity index (χ1) is 11.4. The quantitative estimate of drug-likeness (QED) is 0.566. The summed E-state index contributed by atoms with van der Waals surface area (Å²) in [7, 11) is 0. The number of hydrogen-bond acceptors (Lipinski definition) is 8. The largest absolute Gasteiger partial charge is 0.511 e. The summed E-state index contributed by atoms with van der Waals surface area (Å²) in [5.41, 5.74) is 0. The Bertz CT molecular complexity index is 463. The summed E-state index contributed by atoms with van der Waals surface area (Å²) < 4.78 is 32.4. The van der Waals surface area contributed by atoms with Crippen LogP contribution in [-0.4, -0.2) is 67.6 Å². The molecule has 24 heavy (non-hydrogen) atoms. The lowest BCUT2D eigenvalue weighted by Crippen LogP contribution is -2.65. The second-order valence-corrected chi connectivity index (χ2v) is 5.88. The van der Waals surface area contributed by atoms with Crippen LogP contribution >= 0.6 is 0 Å². The maximum Gasteiger partial charge on any atom is 0.511 e. The van der Waals surface area contributed by atoms with Crippen molar-refractivity contribution in [2.24, 2.45) is 0 Å². The molecule has 0 aromatic rings. The SMILES string of the molecule is C=CCOC(=O)O[C@@H]1O[C@@H]2COC(C)(C)O[C@H]2[C@H](OCC=C)[C@H]1O. The molecule has 0 aromatic carbocycles. The van der Waals surface area contributed by atoms with Gasteiger partial charge < -0.3 is 33.5 Å². The minimum atomic E-state index is -1.26. The maximum atomic E-state index is 11.6. The van der Waals surface area contributed by atoms with Crippen LogP contribution in [0.5, 0.6) is 0 Å². The van der Waals surface area contributed by atoms with Gasteiger partial charge in [0.1, 0.15) is 31.0 Å². The zero-order chi connectivity index (χ0) is 17.7. The fourth-order valence-electron chi connectivity index (χ4n) is 2.54. The molecule has 0 aliphatic carbocycles. The van der Waals surface area contributed by atoms with E-state index in [0.29, 0.717) is 0 Å². The van der Waals surface area contributed by atoms with E-state index in [2.05, 4.69) is 13.2 Å². The first kappa shape index (κ1) is 18.9. The lowest BCUT2D eigenvalue weighted by Gasteiger charge is -2.49. The minimum Gasteiger partial charge on any atom is -0.430 e. The van der Waals surface area contributed by atoms with E-state index in [4.69, 9.17) is 28.4 Å². The molecule has 2 aliphatic heterocycles. The number of fused-ring (bicyclic) bond motifs is 1. The highest BCUT2D eigenvalue weighted by molar-refractivity contribution is 5.60. The Morgan fingerprint density at radius 3 is 2.71 bits per heavy atom. The van der Waals surface area contributed by atoms with E-state index in [1.807, 2.05) is 0 Å². The molecular weight excluding hydrogens is 320 g/mol. The Kier molecular flexibility index (Phi) is 6.36. The summed E-state index contributed by atoms with van der Waals surface area (Å²) in [5, 5.41) is 10.5. The summed E-state index contributed by atoms with van der Waals surface area (Å²) in [4.78, 5) is 11.6. The smallest absolute Gasteiger partial charge is 0.430 e. The number of aliphatic hydroxyl groups excluding tert-OH is 1. The third-order valence-electron chi connectivity index (χ3n) is 3.57. The van der Waals surface area contributed by atoms with Crippen molar-refractivity contribution >= 4 is 6.16 Å². The summed E-state index contributed by atoms with van der Waals surface area (Å²) >= 11 is 0. The lowest BCUT2D eigenvalue weighted by atomic mass is 9.97. The topological polar surface area (TPSA) is 92.7 Å². The molecule has 0 amide bonds.